The molecule has 7 nitrogen and oxygen atoms in total. The number of fused-ring (bicyclic) bond motifs is 3. The Morgan fingerprint density at radius 2 is 1.59 bits per heavy atom. The maximum Gasteiger partial charge on any atom is 0.407 e. The van der Waals surface area contributed by atoms with Crippen molar-refractivity contribution in [1.29, 1.82) is 0 Å². The number of benzene rings is 3. The largest absolute Gasteiger partial charge is 0.478 e. The Balaban J connectivity index is 1.42. The molecule has 0 bridgehead atoms. The Morgan fingerprint density at radius 3 is 2.18 bits per heavy atom. The molecular weight excluding hydrogens is 456 g/mol. The molecule has 0 aromatic heterocycles. The number of carbonyl (C=O) groups excluding carboxylic acids is 2. The summed E-state index contributed by atoms with van der Waals surface area (Å²) in [5.74, 6) is -1.93. The van der Waals surface area contributed by atoms with Gasteiger partial charge in [-0.1, -0.05) is 73.1 Å². The third-order valence-corrected chi connectivity index (χ3v) is 6.16. The van der Waals surface area contributed by atoms with E-state index in [1.54, 1.807) is 6.92 Å². The van der Waals surface area contributed by atoms with Crippen molar-refractivity contribution < 1.29 is 24.2 Å². The lowest BCUT2D eigenvalue weighted by molar-refractivity contribution is -0.118. The quantitative estimate of drug-likeness (QED) is 0.427. The van der Waals surface area contributed by atoms with Crippen molar-refractivity contribution in [1.82, 2.24) is 5.32 Å². The minimum atomic E-state index is -1.27. The van der Waals surface area contributed by atoms with E-state index in [2.05, 4.69) is 10.6 Å². The zero-order chi connectivity index (χ0) is 24.2. The van der Waals surface area contributed by atoms with Crippen LogP contribution in [0.25, 0.3) is 11.1 Å². The molecule has 0 saturated heterocycles. The molecule has 0 spiro atoms. The number of ether oxygens (including phenoxy) is 1. The average molecular weight is 479 g/mol. The van der Waals surface area contributed by atoms with Crippen molar-refractivity contribution in [2.24, 2.45) is 0 Å². The number of aromatic carboxylic acids is 1. The molecule has 3 aromatic rings. The molecule has 0 radical (unpaired) electrons. The second-order valence-electron chi connectivity index (χ2n) is 7.89. The van der Waals surface area contributed by atoms with Crippen LogP contribution in [0, 0.1) is 0 Å². The monoisotopic (exact) mass is 478 g/mol. The summed E-state index contributed by atoms with van der Waals surface area (Å²) in [6, 6.07) is 19.5. The molecule has 3 N–H and O–H groups in total. The lowest BCUT2D eigenvalue weighted by Crippen LogP contribution is -2.44. The number of carbonyl (C=O) groups is 3. The molecule has 0 fully saturated rings. The number of rotatable bonds is 7. The second kappa shape index (κ2) is 9.97. The summed E-state index contributed by atoms with van der Waals surface area (Å²) in [4.78, 5) is 36.8. The Morgan fingerprint density at radius 1 is 0.971 bits per heavy atom. The minimum absolute atomic E-state index is 0.00263. The molecule has 34 heavy (non-hydrogen) atoms. The van der Waals surface area contributed by atoms with Crippen LogP contribution < -0.4 is 10.6 Å². The van der Waals surface area contributed by atoms with Crippen molar-refractivity contribution in [3.8, 4) is 11.1 Å². The van der Waals surface area contributed by atoms with Gasteiger partial charge in [0.15, 0.2) is 0 Å². The fourth-order valence-corrected chi connectivity index (χ4v) is 4.46. The number of hydrogen-bond acceptors (Lipinski definition) is 4. The first-order chi connectivity index (χ1) is 16.4. The van der Waals surface area contributed by atoms with E-state index in [9.17, 15) is 19.5 Å². The average Bonchev–Trinajstić information content (AvgIpc) is 3.14. The van der Waals surface area contributed by atoms with E-state index in [-0.39, 0.29) is 35.2 Å². The van der Waals surface area contributed by atoms with Crippen LogP contribution in [-0.4, -0.2) is 35.7 Å². The molecule has 1 aliphatic carbocycles. The SMILES string of the molecule is CC[C@@H](NC(=O)OCC1c2ccccc2-c2ccccc21)C(=O)Nc1cccc(Cl)c1C(=O)O. The first-order valence-electron chi connectivity index (χ1n) is 10.8. The number of nitrogens with one attached hydrogen (secondary N) is 2. The van der Waals surface area contributed by atoms with E-state index in [0.29, 0.717) is 0 Å². The van der Waals surface area contributed by atoms with E-state index in [1.165, 1.54) is 18.2 Å². The second-order valence-corrected chi connectivity index (χ2v) is 8.29. The first-order valence-corrected chi connectivity index (χ1v) is 11.2. The van der Waals surface area contributed by atoms with Gasteiger partial charge < -0.3 is 20.5 Å². The number of anilines is 1. The summed E-state index contributed by atoms with van der Waals surface area (Å²) in [7, 11) is 0. The Bertz CT molecular complexity index is 1210. The zero-order valence-corrected chi connectivity index (χ0v) is 19.1. The van der Waals surface area contributed by atoms with Crippen LogP contribution >= 0.6 is 11.6 Å². The molecule has 8 heteroatoms. The first kappa shape index (κ1) is 23.3. The van der Waals surface area contributed by atoms with Gasteiger partial charge in [0.25, 0.3) is 0 Å². The summed E-state index contributed by atoms with van der Waals surface area (Å²) < 4.78 is 5.51. The van der Waals surface area contributed by atoms with E-state index in [1.807, 2.05) is 48.5 Å². The number of halogens is 1. The minimum Gasteiger partial charge on any atom is -0.478 e. The van der Waals surface area contributed by atoms with Crippen LogP contribution in [0.15, 0.2) is 66.7 Å². The van der Waals surface area contributed by atoms with Crippen molar-refractivity contribution in [3.05, 3.63) is 88.4 Å². The van der Waals surface area contributed by atoms with Crippen LogP contribution in [-0.2, 0) is 9.53 Å². The van der Waals surface area contributed by atoms with Crippen LogP contribution in [0.3, 0.4) is 0 Å². The Hall–Kier alpha value is -3.84. The lowest BCUT2D eigenvalue weighted by atomic mass is 9.98. The van der Waals surface area contributed by atoms with Gasteiger partial charge in [0, 0.05) is 5.92 Å². The fraction of sp³-hybridized carbons (Fsp3) is 0.192. The van der Waals surface area contributed by atoms with Crippen LogP contribution in [0.4, 0.5) is 10.5 Å². The third kappa shape index (κ3) is 4.61. The van der Waals surface area contributed by atoms with Gasteiger partial charge >= 0.3 is 12.1 Å². The predicted octanol–water partition coefficient (Wildman–Crippen LogP) is 5.29. The van der Waals surface area contributed by atoms with Crippen molar-refractivity contribution in [3.63, 3.8) is 0 Å². The Labute approximate surface area is 201 Å². The molecule has 1 atom stereocenters. The van der Waals surface area contributed by atoms with Crippen molar-refractivity contribution in [2.45, 2.75) is 25.3 Å². The van der Waals surface area contributed by atoms with Gasteiger partial charge in [-0.3, -0.25) is 4.79 Å². The van der Waals surface area contributed by atoms with Gasteiger partial charge in [-0.2, -0.15) is 0 Å². The van der Waals surface area contributed by atoms with E-state index < -0.39 is 24.0 Å². The van der Waals surface area contributed by atoms with Gasteiger partial charge in [-0.25, -0.2) is 9.59 Å². The van der Waals surface area contributed by atoms with E-state index in [4.69, 9.17) is 16.3 Å². The smallest absolute Gasteiger partial charge is 0.407 e. The summed E-state index contributed by atoms with van der Waals surface area (Å²) in [5.41, 5.74) is 4.25. The molecule has 0 saturated carbocycles. The highest BCUT2D eigenvalue weighted by molar-refractivity contribution is 6.34. The van der Waals surface area contributed by atoms with Gasteiger partial charge in [0.2, 0.25) is 5.91 Å². The van der Waals surface area contributed by atoms with E-state index in [0.717, 1.165) is 22.3 Å². The molecule has 0 unspecified atom stereocenters. The number of hydrogen-bond donors (Lipinski definition) is 3. The summed E-state index contributed by atoms with van der Waals surface area (Å²) in [6.07, 6.45) is -0.452. The van der Waals surface area contributed by atoms with Gasteiger partial charge in [-0.15, -0.1) is 0 Å². The normalized spacial score (nSPS) is 12.9. The number of carboxylic acid groups (broad SMARTS) is 1. The maximum absolute atomic E-state index is 12.7. The molecule has 2 amide bonds. The lowest BCUT2D eigenvalue weighted by Gasteiger charge is -2.19. The number of alkyl carbamates (subject to hydrolysis) is 1. The standard InChI is InChI=1S/C26H23ClN2O5/c1-2-21(24(30)28-22-13-7-12-20(27)23(22)25(31)32)29-26(33)34-14-19-17-10-5-3-8-15(17)16-9-4-6-11-18(16)19/h3-13,19,21H,2,14H2,1H3,(H,28,30)(H,29,33)(H,31,32)/t21-/m1/s1. The van der Waals surface area contributed by atoms with Gasteiger partial charge in [0.1, 0.15) is 18.2 Å². The molecule has 174 valence electrons. The summed E-state index contributed by atoms with van der Waals surface area (Å²) in [5, 5.41) is 14.5. The van der Waals surface area contributed by atoms with Crippen LogP contribution in [0.5, 0.6) is 0 Å². The molecule has 1 aliphatic rings. The molecular formula is C26H23ClN2O5. The highest BCUT2D eigenvalue weighted by atomic mass is 35.5. The summed E-state index contributed by atoms with van der Waals surface area (Å²) >= 11 is 5.96. The van der Waals surface area contributed by atoms with Crippen LogP contribution in [0.2, 0.25) is 5.02 Å². The van der Waals surface area contributed by atoms with Crippen molar-refractivity contribution in [2.75, 3.05) is 11.9 Å². The van der Waals surface area contributed by atoms with Gasteiger partial charge in [-0.05, 0) is 40.8 Å². The third-order valence-electron chi connectivity index (χ3n) is 5.85. The summed E-state index contributed by atoms with van der Waals surface area (Å²) in [6.45, 7) is 1.85. The zero-order valence-electron chi connectivity index (χ0n) is 18.4. The molecule has 4 rings (SSSR count). The van der Waals surface area contributed by atoms with Gasteiger partial charge in [0.05, 0.1) is 10.7 Å². The predicted molar refractivity (Wildman–Crippen MR) is 129 cm³/mol. The topological polar surface area (TPSA) is 105 Å². The van der Waals surface area contributed by atoms with Crippen LogP contribution in [0.1, 0.15) is 40.7 Å². The highest BCUT2D eigenvalue weighted by Crippen LogP contribution is 2.44. The highest BCUT2D eigenvalue weighted by Gasteiger charge is 2.30. The Kier molecular flexibility index (Phi) is 6.84. The number of amides is 2. The van der Waals surface area contributed by atoms with Crippen molar-refractivity contribution >= 4 is 35.3 Å². The number of carboxylic acids is 1. The molecule has 0 aliphatic heterocycles. The molecule has 3 aromatic carbocycles. The van der Waals surface area contributed by atoms with E-state index >= 15 is 0 Å². The maximum atomic E-state index is 12.7. The fourth-order valence-electron chi connectivity index (χ4n) is 4.20. The molecule has 0 heterocycles.